The molecule has 0 unspecified atom stereocenters. The molecule has 1 N–H and O–H groups in total. The quantitative estimate of drug-likeness (QED) is 0.549. The van der Waals surface area contributed by atoms with Crippen molar-refractivity contribution in [1.82, 2.24) is 14.9 Å². The summed E-state index contributed by atoms with van der Waals surface area (Å²) < 4.78 is 7.55. The lowest BCUT2D eigenvalue weighted by molar-refractivity contribution is -0.121. The summed E-state index contributed by atoms with van der Waals surface area (Å²) in [5, 5.41) is 3.40. The average Bonchev–Trinajstić information content (AvgIpc) is 3.15. The molecule has 6 nitrogen and oxygen atoms in total. The molecule has 1 aromatic carbocycles. The Morgan fingerprint density at radius 2 is 2.23 bits per heavy atom. The van der Waals surface area contributed by atoms with Crippen LogP contribution >= 0.6 is 27.7 Å². The fourth-order valence-corrected chi connectivity index (χ4v) is 3.55. The average molecular weight is 436 g/mol. The van der Waals surface area contributed by atoms with Gasteiger partial charge >= 0.3 is 0 Å². The number of hydrogen-bond acceptors (Lipinski definition) is 5. The van der Waals surface area contributed by atoms with E-state index in [1.165, 1.54) is 10.9 Å². The normalized spacial score (nSPS) is 11.0. The van der Waals surface area contributed by atoms with E-state index < -0.39 is 0 Å². The van der Waals surface area contributed by atoms with Crippen molar-refractivity contribution in [3.8, 4) is 0 Å². The maximum atomic E-state index is 12.5. The number of nitrogens with zero attached hydrogens (tertiary/aromatic N) is 2. The van der Waals surface area contributed by atoms with Crippen molar-refractivity contribution >= 4 is 44.5 Å². The first-order valence-electron chi connectivity index (χ1n) is 8.15. The zero-order valence-corrected chi connectivity index (χ0v) is 16.4. The Labute approximate surface area is 163 Å². The Balaban J connectivity index is 1.45. The zero-order valence-electron chi connectivity index (χ0n) is 14.0. The van der Waals surface area contributed by atoms with Crippen LogP contribution in [-0.4, -0.2) is 27.8 Å². The molecule has 0 atom stereocenters. The number of aryl methyl sites for hydroxylation is 1. The van der Waals surface area contributed by atoms with Gasteiger partial charge < -0.3 is 9.73 Å². The SMILES string of the molecule is O=C(CCn1cnc2ccc(Br)cc2c1=O)NCCSCc1ccco1. The highest BCUT2D eigenvalue weighted by Crippen LogP contribution is 2.15. The first kappa shape index (κ1) is 18.7. The largest absolute Gasteiger partial charge is 0.468 e. The summed E-state index contributed by atoms with van der Waals surface area (Å²) in [5.74, 6) is 2.44. The highest BCUT2D eigenvalue weighted by molar-refractivity contribution is 9.10. The van der Waals surface area contributed by atoms with E-state index in [9.17, 15) is 9.59 Å². The summed E-state index contributed by atoms with van der Waals surface area (Å²) in [5.41, 5.74) is 0.505. The first-order valence-corrected chi connectivity index (χ1v) is 10.1. The number of nitrogens with one attached hydrogen (secondary N) is 1. The highest BCUT2D eigenvalue weighted by Gasteiger charge is 2.07. The van der Waals surface area contributed by atoms with Crippen molar-refractivity contribution in [2.45, 2.75) is 18.7 Å². The van der Waals surface area contributed by atoms with E-state index in [1.54, 1.807) is 30.2 Å². The van der Waals surface area contributed by atoms with Gasteiger partial charge in [-0.25, -0.2) is 4.98 Å². The van der Waals surface area contributed by atoms with Crippen LogP contribution in [0.15, 0.2) is 56.6 Å². The van der Waals surface area contributed by atoms with Gasteiger partial charge in [-0.1, -0.05) is 15.9 Å². The van der Waals surface area contributed by atoms with Crippen LogP contribution in [0.1, 0.15) is 12.2 Å². The number of thioether (sulfide) groups is 1. The van der Waals surface area contributed by atoms with E-state index in [4.69, 9.17) is 4.42 Å². The molecule has 3 rings (SSSR count). The third-order valence-corrected chi connectivity index (χ3v) is 5.23. The summed E-state index contributed by atoms with van der Waals surface area (Å²) in [6.07, 6.45) is 3.38. The van der Waals surface area contributed by atoms with E-state index in [2.05, 4.69) is 26.2 Å². The van der Waals surface area contributed by atoms with Gasteiger partial charge in [0.1, 0.15) is 5.76 Å². The van der Waals surface area contributed by atoms with Gasteiger partial charge in [-0.05, 0) is 30.3 Å². The maximum Gasteiger partial charge on any atom is 0.261 e. The Bertz CT molecular complexity index is 941. The maximum absolute atomic E-state index is 12.5. The minimum atomic E-state index is -0.141. The fraction of sp³-hybridized carbons (Fsp3) is 0.278. The van der Waals surface area contributed by atoms with Crippen LogP contribution in [-0.2, 0) is 17.1 Å². The lowest BCUT2D eigenvalue weighted by Gasteiger charge is -2.08. The minimum Gasteiger partial charge on any atom is -0.468 e. The molecular formula is C18H18BrN3O3S. The lowest BCUT2D eigenvalue weighted by Crippen LogP contribution is -2.29. The van der Waals surface area contributed by atoms with Gasteiger partial charge in [-0.15, -0.1) is 0 Å². The molecule has 136 valence electrons. The Morgan fingerprint density at radius 1 is 1.35 bits per heavy atom. The van der Waals surface area contributed by atoms with Gasteiger partial charge in [0.15, 0.2) is 0 Å². The number of furan rings is 1. The van der Waals surface area contributed by atoms with Crippen LogP contribution < -0.4 is 10.9 Å². The molecule has 0 aliphatic rings. The monoisotopic (exact) mass is 435 g/mol. The van der Waals surface area contributed by atoms with E-state index in [0.29, 0.717) is 24.0 Å². The Kier molecular flexibility index (Phi) is 6.51. The molecule has 0 radical (unpaired) electrons. The number of aromatic nitrogens is 2. The summed E-state index contributed by atoms with van der Waals surface area (Å²) in [7, 11) is 0. The molecule has 0 saturated carbocycles. The molecule has 1 amide bonds. The second-order valence-corrected chi connectivity index (χ2v) is 7.66. The number of hydrogen-bond donors (Lipinski definition) is 1. The van der Waals surface area contributed by atoms with Gasteiger partial charge in [-0.3, -0.25) is 14.2 Å². The summed E-state index contributed by atoms with van der Waals surface area (Å²) >= 11 is 5.05. The number of amides is 1. The van der Waals surface area contributed by atoms with Gasteiger partial charge in [0.25, 0.3) is 5.56 Å². The molecule has 8 heteroatoms. The van der Waals surface area contributed by atoms with Crippen LogP contribution in [0.3, 0.4) is 0 Å². The number of carbonyl (C=O) groups excluding carboxylic acids is 1. The van der Waals surface area contributed by atoms with Gasteiger partial charge in [0, 0.05) is 29.7 Å². The van der Waals surface area contributed by atoms with Crippen LogP contribution in [0.2, 0.25) is 0 Å². The number of rotatable bonds is 8. The van der Waals surface area contributed by atoms with Crippen molar-refractivity contribution in [2.75, 3.05) is 12.3 Å². The number of benzene rings is 1. The first-order chi connectivity index (χ1) is 12.6. The predicted octanol–water partition coefficient (Wildman–Crippen LogP) is 3.19. The third kappa shape index (κ3) is 4.98. The van der Waals surface area contributed by atoms with Crippen LogP contribution in [0.25, 0.3) is 10.9 Å². The summed E-state index contributed by atoms with van der Waals surface area (Å²) in [6, 6.07) is 9.17. The molecule has 0 aliphatic carbocycles. The number of carbonyl (C=O) groups is 1. The molecular weight excluding hydrogens is 418 g/mol. The Hall–Kier alpha value is -2.06. The number of fused-ring (bicyclic) bond motifs is 1. The van der Waals surface area contributed by atoms with Gasteiger partial charge in [0.2, 0.25) is 5.91 Å². The van der Waals surface area contributed by atoms with E-state index in [0.717, 1.165) is 21.7 Å². The summed E-state index contributed by atoms with van der Waals surface area (Å²) in [4.78, 5) is 28.7. The second kappa shape index (κ2) is 9.05. The van der Waals surface area contributed by atoms with E-state index in [-0.39, 0.29) is 17.9 Å². The smallest absolute Gasteiger partial charge is 0.261 e. The third-order valence-electron chi connectivity index (χ3n) is 3.76. The van der Waals surface area contributed by atoms with E-state index >= 15 is 0 Å². The molecule has 0 aliphatic heterocycles. The Morgan fingerprint density at radius 3 is 3.04 bits per heavy atom. The van der Waals surface area contributed by atoms with E-state index in [1.807, 2.05) is 18.2 Å². The van der Waals surface area contributed by atoms with Crippen molar-refractivity contribution in [3.05, 3.63) is 63.5 Å². The van der Waals surface area contributed by atoms with Crippen molar-refractivity contribution < 1.29 is 9.21 Å². The molecule has 0 bridgehead atoms. The predicted molar refractivity (Wildman–Crippen MR) is 106 cm³/mol. The zero-order chi connectivity index (χ0) is 18.4. The van der Waals surface area contributed by atoms with Crippen LogP contribution in [0, 0.1) is 0 Å². The highest BCUT2D eigenvalue weighted by atomic mass is 79.9. The fourth-order valence-electron chi connectivity index (χ4n) is 2.43. The van der Waals surface area contributed by atoms with Crippen LogP contribution in [0.4, 0.5) is 0 Å². The number of halogens is 1. The molecule has 0 saturated heterocycles. The minimum absolute atomic E-state index is 0.0789. The molecule has 2 aromatic heterocycles. The second-order valence-electron chi connectivity index (χ2n) is 5.64. The molecule has 0 spiro atoms. The standard InChI is InChI=1S/C18H18BrN3O3S/c19-13-3-4-16-15(10-13)18(24)22(12-21-16)7-5-17(23)20-6-9-26-11-14-2-1-8-25-14/h1-4,8,10,12H,5-7,9,11H2,(H,20,23). The molecule has 0 fully saturated rings. The topological polar surface area (TPSA) is 77.1 Å². The van der Waals surface area contributed by atoms with Crippen LogP contribution in [0.5, 0.6) is 0 Å². The summed E-state index contributed by atoms with van der Waals surface area (Å²) in [6.45, 7) is 0.891. The van der Waals surface area contributed by atoms with Gasteiger partial charge in [-0.2, -0.15) is 11.8 Å². The molecule has 2 heterocycles. The van der Waals surface area contributed by atoms with Crippen molar-refractivity contribution in [1.29, 1.82) is 0 Å². The van der Waals surface area contributed by atoms with Crippen molar-refractivity contribution in [3.63, 3.8) is 0 Å². The van der Waals surface area contributed by atoms with Gasteiger partial charge in [0.05, 0.1) is 29.2 Å². The molecule has 3 aromatic rings. The van der Waals surface area contributed by atoms with Crippen molar-refractivity contribution in [2.24, 2.45) is 0 Å². The lowest BCUT2D eigenvalue weighted by atomic mass is 10.2. The molecule has 26 heavy (non-hydrogen) atoms.